The van der Waals surface area contributed by atoms with E-state index in [2.05, 4.69) is 29.8 Å². The molecule has 0 saturated heterocycles. The van der Waals surface area contributed by atoms with Gasteiger partial charge in [-0.05, 0) is 25.7 Å². The average molecular weight is 584 g/mol. The van der Waals surface area contributed by atoms with Gasteiger partial charge in [-0.3, -0.25) is 13.6 Å². The van der Waals surface area contributed by atoms with E-state index < -0.39 is 7.82 Å². The summed E-state index contributed by atoms with van der Waals surface area (Å²) in [5, 5.41) is 1.07. The van der Waals surface area contributed by atoms with Gasteiger partial charge in [0.1, 0.15) is 0 Å². The third-order valence-electron chi connectivity index (χ3n) is 6.52. The quantitative estimate of drug-likeness (QED) is 0.0479. The van der Waals surface area contributed by atoms with E-state index in [1.807, 2.05) is 0 Å². The number of halogens is 1. The van der Waals surface area contributed by atoms with Crippen molar-refractivity contribution in [3.8, 4) is 0 Å². The molecule has 0 fully saturated rings. The number of rotatable bonds is 30. The molecule has 0 aromatic rings. The Labute approximate surface area is 228 Å². The smallest absolute Gasteiger partial charge is 0.287 e. The van der Waals surface area contributed by atoms with E-state index in [9.17, 15) is 4.57 Å². The van der Waals surface area contributed by atoms with E-state index >= 15 is 0 Å². The van der Waals surface area contributed by atoms with Gasteiger partial charge >= 0.3 is 7.82 Å². The molecular weight excluding hydrogens is 523 g/mol. The summed E-state index contributed by atoms with van der Waals surface area (Å²) in [5.41, 5.74) is 0. The van der Waals surface area contributed by atoms with Gasteiger partial charge in [-0.15, -0.1) is 0 Å². The lowest BCUT2D eigenvalue weighted by molar-refractivity contribution is 0.108. The lowest BCUT2D eigenvalue weighted by Gasteiger charge is -2.18. The van der Waals surface area contributed by atoms with Gasteiger partial charge in [0.2, 0.25) is 0 Å². The van der Waals surface area contributed by atoms with E-state index in [1.54, 1.807) is 0 Å². The van der Waals surface area contributed by atoms with Crippen LogP contribution in [0.5, 0.6) is 0 Å². The van der Waals surface area contributed by atoms with E-state index in [1.165, 1.54) is 109 Å². The summed E-state index contributed by atoms with van der Waals surface area (Å²) in [6.45, 7) is 5.91. The number of unbranched alkanes of at least 4 members (excludes halogenated alkanes) is 20. The van der Waals surface area contributed by atoms with Gasteiger partial charge in [-0.2, -0.15) is 0 Å². The van der Waals surface area contributed by atoms with Crippen molar-refractivity contribution in [3.05, 3.63) is 0 Å². The summed E-state index contributed by atoms with van der Waals surface area (Å²) in [6, 6.07) is 0. The molecule has 0 aromatic heterocycles. The molecule has 0 unspecified atom stereocenters. The van der Waals surface area contributed by atoms with Crippen LogP contribution in [0.1, 0.15) is 162 Å². The molecule has 0 aliphatic carbocycles. The molecule has 4 nitrogen and oxygen atoms in total. The second-order valence-corrected chi connectivity index (χ2v) is 12.5. The molecule has 0 N–H and O–H groups in total. The highest BCUT2D eigenvalue weighted by Gasteiger charge is 2.26. The van der Waals surface area contributed by atoms with Crippen molar-refractivity contribution in [2.75, 3.05) is 25.2 Å². The molecule has 0 heterocycles. The van der Waals surface area contributed by atoms with Crippen LogP contribution in [0, 0.1) is 0 Å². The van der Waals surface area contributed by atoms with Crippen molar-refractivity contribution >= 4 is 23.8 Å². The lowest BCUT2D eigenvalue weighted by atomic mass is 10.1. The number of hydrogen-bond acceptors (Lipinski definition) is 4. The Morgan fingerprint density at radius 3 is 0.971 bits per heavy atom. The number of phosphoric ester groups is 1. The Morgan fingerprint density at radius 2 is 0.686 bits per heavy atom. The van der Waals surface area contributed by atoms with Crippen LogP contribution in [-0.4, -0.2) is 25.2 Å². The maximum absolute atomic E-state index is 13.1. The lowest BCUT2D eigenvalue weighted by Crippen LogP contribution is -2.04. The molecular formula is C29H60BrO4P. The van der Waals surface area contributed by atoms with Crippen LogP contribution in [0.4, 0.5) is 0 Å². The molecule has 0 atom stereocenters. The van der Waals surface area contributed by atoms with E-state index in [4.69, 9.17) is 13.6 Å². The second-order valence-electron chi connectivity index (χ2n) is 10.1. The Kier molecular flexibility index (Phi) is 29.6. The predicted molar refractivity (Wildman–Crippen MR) is 157 cm³/mol. The molecule has 0 aliphatic heterocycles. The first kappa shape index (κ1) is 35.6. The molecule has 0 spiro atoms. The Balaban J connectivity index is 4.03. The predicted octanol–water partition coefficient (Wildman–Crippen LogP) is 11.6. The Hall–Kier alpha value is 0.590. The SMILES string of the molecule is CCCCCCCCCCCOP(=O)(OCCCCCCCBr)OCCCCCCCCCCC. The summed E-state index contributed by atoms with van der Waals surface area (Å²) >= 11 is 3.48. The van der Waals surface area contributed by atoms with Crippen molar-refractivity contribution in [3.63, 3.8) is 0 Å². The van der Waals surface area contributed by atoms with Gasteiger partial charge in [0.25, 0.3) is 0 Å². The molecule has 0 bridgehead atoms. The van der Waals surface area contributed by atoms with Crippen LogP contribution in [0.3, 0.4) is 0 Å². The maximum Gasteiger partial charge on any atom is 0.474 e. The van der Waals surface area contributed by atoms with Gasteiger partial charge in [0.05, 0.1) is 19.8 Å². The Morgan fingerprint density at radius 1 is 0.429 bits per heavy atom. The first-order valence-electron chi connectivity index (χ1n) is 15.3. The summed E-state index contributed by atoms with van der Waals surface area (Å²) in [4.78, 5) is 0. The number of hydrogen-bond donors (Lipinski definition) is 0. The fourth-order valence-electron chi connectivity index (χ4n) is 4.19. The van der Waals surface area contributed by atoms with Crippen LogP contribution < -0.4 is 0 Å². The number of phosphoric acid groups is 1. The minimum atomic E-state index is -3.44. The second kappa shape index (κ2) is 29.2. The third-order valence-corrected chi connectivity index (χ3v) is 8.58. The highest BCUT2D eigenvalue weighted by Crippen LogP contribution is 2.50. The van der Waals surface area contributed by atoms with Crippen LogP contribution in [0.25, 0.3) is 0 Å². The monoisotopic (exact) mass is 582 g/mol. The number of alkyl halides is 1. The molecule has 0 saturated carbocycles. The van der Waals surface area contributed by atoms with Gasteiger partial charge < -0.3 is 0 Å². The highest BCUT2D eigenvalue weighted by molar-refractivity contribution is 9.09. The normalized spacial score (nSPS) is 12.0. The molecule has 6 heteroatoms. The topological polar surface area (TPSA) is 44.8 Å². The first-order chi connectivity index (χ1) is 17.2. The van der Waals surface area contributed by atoms with Crippen molar-refractivity contribution < 1.29 is 18.1 Å². The van der Waals surface area contributed by atoms with Gasteiger partial charge in [-0.25, -0.2) is 4.57 Å². The van der Waals surface area contributed by atoms with Crippen molar-refractivity contribution in [2.24, 2.45) is 0 Å². The van der Waals surface area contributed by atoms with Crippen LogP contribution in [0.15, 0.2) is 0 Å². The minimum Gasteiger partial charge on any atom is -0.287 e. The zero-order chi connectivity index (χ0) is 25.7. The molecule has 0 aliphatic rings. The highest BCUT2D eigenvalue weighted by atomic mass is 79.9. The standard InChI is InChI=1S/C29H60BrO4P/c1-3-5-7-9-11-13-15-19-23-27-32-35(31,34-29-25-21-17-18-22-26-30)33-28-24-20-16-14-12-10-8-6-4-2/h3-29H2,1-2H3. The molecule has 0 amide bonds. The zero-order valence-corrected chi connectivity index (χ0v) is 26.0. The van der Waals surface area contributed by atoms with Crippen molar-refractivity contribution in [1.29, 1.82) is 0 Å². The van der Waals surface area contributed by atoms with E-state index in [-0.39, 0.29) is 0 Å². The summed E-state index contributed by atoms with van der Waals surface area (Å²) < 4.78 is 30.3. The third kappa shape index (κ3) is 27.4. The van der Waals surface area contributed by atoms with Crippen LogP contribution in [0.2, 0.25) is 0 Å². The van der Waals surface area contributed by atoms with Crippen LogP contribution >= 0.6 is 23.8 Å². The van der Waals surface area contributed by atoms with E-state index in [0.29, 0.717) is 19.8 Å². The maximum atomic E-state index is 13.1. The fraction of sp³-hybridized carbons (Fsp3) is 1.00. The zero-order valence-electron chi connectivity index (χ0n) is 23.6. The van der Waals surface area contributed by atoms with Crippen LogP contribution in [-0.2, 0) is 18.1 Å². The summed E-state index contributed by atoms with van der Waals surface area (Å²) in [6.07, 6.45) is 28.2. The summed E-state index contributed by atoms with van der Waals surface area (Å²) in [7, 11) is -3.44. The van der Waals surface area contributed by atoms with Crippen molar-refractivity contribution in [2.45, 2.75) is 162 Å². The van der Waals surface area contributed by atoms with E-state index in [0.717, 1.165) is 43.9 Å². The molecule has 212 valence electrons. The first-order valence-corrected chi connectivity index (χ1v) is 17.9. The van der Waals surface area contributed by atoms with Crippen molar-refractivity contribution in [1.82, 2.24) is 0 Å². The molecule has 0 radical (unpaired) electrons. The molecule has 0 aromatic carbocycles. The van der Waals surface area contributed by atoms with Gasteiger partial charge in [0.15, 0.2) is 0 Å². The van der Waals surface area contributed by atoms with Gasteiger partial charge in [0, 0.05) is 5.33 Å². The molecule has 0 rings (SSSR count). The van der Waals surface area contributed by atoms with Gasteiger partial charge in [-0.1, -0.05) is 152 Å². The Bertz CT molecular complexity index is 422. The fourth-order valence-corrected chi connectivity index (χ4v) is 5.87. The largest absolute Gasteiger partial charge is 0.474 e. The minimum absolute atomic E-state index is 0.459. The summed E-state index contributed by atoms with van der Waals surface area (Å²) in [5.74, 6) is 0. The average Bonchev–Trinajstić information content (AvgIpc) is 2.86. The molecule has 35 heavy (non-hydrogen) atoms.